The first-order valence-corrected chi connectivity index (χ1v) is 8.34. The summed E-state index contributed by atoms with van der Waals surface area (Å²) in [6.07, 6.45) is -0.0878. The minimum atomic E-state index is -3.04. The number of hydrogen-bond acceptors (Lipinski definition) is 4. The van der Waals surface area contributed by atoms with Crippen LogP contribution < -0.4 is 0 Å². The van der Waals surface area contributed by atoms with Crippen LogP contribution in [0, 0.1) is 0 Å². The maximum absolute atomic E-state index is 16.2. The van der Waals surface area contributed by atoms with Crippen LogP contribution in [-0.2, 0) is 15.3 Å². The van der Waals surface area contributed by atoms with Crippen LogP contribution >= 0.6 is 0 Å². The molecular weight excluding hydrogens is 337 g/mol. The molecule has 0 saturated carbocycles. The molecule has 1 aliphatic rings. The summed E-state index contributed by atoms with van der Waals surface area (Å²) >= 11 is 0. The zero-order valence-corrected chi connectivity index (χ0v) is 14.4. The molecule has 2 unspecified atom stereocenters. The Bertz CT molecular complexity index is 832. The van der Waals surface area contributed by atoms with Gasteiger partial charge in [-0.1, -0.05) is 49.4 Å². The maximum atomic E-state index is 16.2. The van der Waals surface area contributed by atoms with Gasteiger partial charge in [0.1, 0.15) is 0 Å². The Morgan fingerprint density at radius 2 is 1.54 bits per heavy atom. The van der Waals surface area contributed by atoms with Crippen LogP contribution in [0.25, 0.3) is 0 Å². The first-order chi connectivity index (χ1) is 12.4. The lowest BCUT2D eigenvalue weighted by atomic mass is 10.0. The van der Waals surface area contributed by atoms with Crippen LogP contribution in [-0.4, -0.2) is 28.8 Å². The second-order valence-electron chi connectivity index (χ2n) is 6.10. The van der Waals surface area contributed by atoms with Gasteiger partial charge in [-0.05, 0) is 25.5 Å². The van der Waals surface area contributed by atoms with Crippen molar-refractivity contribution in [3.05, 3.63) is 71.3 Å². The predicted molar refractivity (Wildman–Crippen MR) is 92.0 cm³/mol. The number of carbonyl (C=O) groups is 3. The van der Waals surface area contributed by atoms with Gasteiger partial charge in [-0.15, -0.1) is 0 Å². The number of alkyl halides is 1. The standard InChI is InChI=1S/C20H18FNO4/c1-3-13(2)26-19(25)20(21,14-9-5-4-6-10-14)22-17(23)15-11-7-8-12-16(15)18(22)24/h4-13H,3H2,1-2H3. The van der Waals surface area contributed by atoms with Gasteiger partial charge in [-0.25, -0.2) is 14.1 Å². The van der Waals surface area contributed by atoms with Crippen LogP contribution in [0.4, 0.5) is 4.39 Å². The molecular formula is C20H18FNO4. The smallest absolute Gasteiger partial charge is 0.371 e. The van der Waals surface area contributed by atoms with Gasteiger partial charge in [0.25, 0.3) is 11.8 Å². The van der Waals surface area contributed by atoms with E-state index in [0.717, 1.165) is 0 Å². The number of fused-ring (bicyclic) bond motifs is 1. The Hall–Kier alpha value is -3.02. The molecule has 5 nitrogen and oxygen atoms in total. The highest BCUT2D eigenvalue weighted by molar-refractivity contribution is 6.23. The van der Waals surface area contributed by atoms with Gasteiger partial charge in [-0.3, -0.25) is 9.59 Å². The zero-order chi connectivity index (χ0) is 18.9. The van der Waals surface area contributed by atoms with Crippen LogP contribution in [0.5, 0.6) is 0 Å². The van der Waals surface area contributed by atoms with Gasteiger partial charge in [0.05, 0.1) is 17.2 Å². The number of nitrogens with zero attached hydrogens (tertiary/aromatic N) is 1. The van der Waals surface area contributed by atoms with E-state index in [4.69, 9.17) is 4.74 Å². The van der Waals surface area contributed by atoms with Crippen LogP contribution in [0.1, 0.15) is 46.5 Å². The summed E-state index contributed by atoms with van der Waals surface area (Å²) < 4.78 is 21.4. The molecule has 0 spiro atoms. The number of esters is 1. The molecule has 26 heavy (non-hydrogen) atoms. The summed E-state index contributed by atoms with van der Waals surface area (Å²) in [4.78, 5) is 38.6. The molecule has 6 heteroatoms. The summed E-state index contributed by atoms with van der Waals surface area (Å²) in [5, 5.41) is 0. The molecule has 1 aliphatic heterocycles. The Morgan fingerprint density at radius 3 is 2.04 bits per heavy atom. The van der Waals surface area contributed by atoms with E-state index in [-0.39, 0.29) is 16.7 Å². The summed E-state index contributed by atoms with van der Waals surface area (Å²) in [7, 11) is 0. The summed E-state index contributed by atoms with van der Waals surface area (Å²) in [5.74, 6) is -6.05. The molecule has 2 amide bonds. The SMILES string of the molecule is CCC(C)OC(=O)C(F)(c1ccccc1)N1C(=O)c2ccccc2C1=O. The van der Waals surface area contributed by atoms with Gasteiger partial charge in [0.15, 0.2) is 0 Å². The Kier molecular flexibility index (Phi) is 4.59. The quantitative estimate of drug-likeness (QED) is 0.468. The molecule has 2 aromatic rings. The predicted octanol–water partition coefficient (Wildman–Crippen LogP) is 3.45. The van der Waals surface area contributed by atoms with Crippen molar-refractivity contribution in [3.63, 3.8) is 0 Å². The van der Waals surface area contributed by atoms with Crippen molar-refractivity contribution in [2.45, 2.75) is 32.2 Å². The summed E-state index contributed by atoms with van der Waals surface area (Å²) in [6, 6.07) is 13.4. The van der Waals surface area contributed by atoms with E-state index in [1.807, 2.05) is 0 Å². The van der Waals surface area contributed by atoms with E-state index in [1.54, 1.807) is 32.0 Å². The number of hydrogen-bond donors (Lipinski definition) is 0. The fourth-order valence-corrected chi connectivity index (χ4v) is 2.81. The topological polar surface area (TPSA) is 63.7 Å². The van der Waals surface area contributed by atoms with Crippen molar-refractivity contribution in [3.8, 4) is 0 Å². The molecule has 0 N–H and O–H groups in total. The number of carbonyl (C=O) groups excluding carboxylic acids is 3. The lowest BCUT2D eigenvalue weighted by molar-refractivity contribution is -0.173. The molecule has 2 atom stereocenters. The molecule has 0 aliphatic carbocycles. The Morgan fingerprint density at radius 1 is 1.04 bits per heavy atom. The van der Waals surface area contributed by atoms with Gasteiger partial charge in [-0.2, -0.15) is 0 Å². The Labute approximate surface area is 150 Å². The van der Waals surface area contributed by atoms with E-state index in [2.05, 4.69) is 0 Å². The number of imide groups is 1. The average Bonchev–Trinajstić information content (AvgIpc) is 2.93. The molecule has 0 saturated heterocycles. The van der Waals surface area contributed by atoms with Crippen molar-refractivity contribution in [2.75, 3.05) is 0 Å². The van der Waals surface area contributed by atoms with Crippen molar-refractivity contribution >= 4 is 17.8 Å². The number of rotatable bonds is 5. The average molecular weight is 355 g/mol. The van der Waals surface area contributed by atoms with Crippen molar-refractivity contribution in [2.24, 2.45) is 0 Å². The minimum absolute atomic E-state index is 0.0618. The van der Waals surface area contributed by atoms with E-state index in [1.165, 1.54) is 36.4 Å². The third-order valence-corrected chi connectivity index (χ3v) is 4.41. The third kappa shape index (κ3) is 2.67. The van der Waals surface area contributed by atoms with Gasteiger partial charge < -0.3 is 4.74 Å². The maximum Gasteiger partial charge on any atom is 0.371 e. The largest absolute Gasteiger partial charge is 0.459 e. The fourth-order valence-electron chi connectivity index (χ4n) is 2.81. The molecule has 0 radical (unpaired) electrons. The third-order valence-electron chi connectivity index (χ3n) is 4.41. The monoisotopic (exact) mass is 355 g/mol. The number of amides is 2. The molecule has 2 aromatic carbocycles. The van der Waals surface area contributed by atoms with Gasteiger partial charge >= 0.3 is 11.8 Å². The molecule has 0 aromatic heterocycles. The van der Waals surface area contributed by atoms with Crippen LogP contribution in [0.3, 0.4) is 0 Å². The highest BCUT2D eigenvalue weighted by Gasteiger charge is 2.57. The zero-order valence-electron chi connectivity index (χ0n) is 14.4. The molecule has 134 valence electrons. The fraction of sp³-hybridized carbons (Fsp3) is 0.250. The number of benzene rings is 2. The molecule has 0 bridgehead atoms. The van der Waals surface area contributed by atoms with Crippen molar-refractivity contribution in [1.82, 2.24) is 4.90 Å². The molecule has 1 heterocycles. The van der Waals surface area contributed by atoms with Crippen molar-refractivity contribution in [1.29, 1.82) is 0 Å². The lowest BCUT2D eigenvalue weighted by Gasteiger charge is -2.32. The van der Waals surface area contributed by atoms with Crippen LogP contribution in [0.15, 0.2) is 54.6 Å². The molecule has 3 rings (SSSR count). The van der Waals surface area contributed by atoms with E-state index in [9.17, 15) is 14.4 Å². The number of ether oxygens (including phenoxy) is 1. The first-order valence-electron chi connectivity index (χ1n) is 8.34. The van der Waals surface area contributed by atoms with E-state index < -0.39 is 29.7 Å². The summed E-state index contributed by atoms with van der Waals surface area (Å²) in [6.45, 7) is 3.40. The lowest BCUT2D eigenvalue weighted by Crippen LogP contribution is -2.53. The van der Waals surface area contributed by atoms with Gasteiger partial charge in [0.2, 0.25) is 0 Å². The Balaban J connectivity index is 2.12. The summed E-state index contributed by atoms with van der Waals surface area (Å²) in [5.41, 5.74) is -0.0126. The normalized spacial score (nSPS) is 16.8. The van der Waals surface area contributed by atoms with E-state index in [0.29, 0.717) is 11.3 Å². The van der Waals surface area contributed by atoms with E-state index >= 15 is 4.39 Å². The first kappa shape index (κ1) is 17.8. The highest BCUT2D eigenvalue weighted by atomic mass is 19.1. The number of halogens is 1. The van der Waals surface area contributed by atoms with Gasteiger partial charge in [0, 0.05) is 5.56 Å². The second kappa shape index (κ2) is 6.71. The second-order valence-corrected chi connectivity index (χ2v) is 6.10. The molecule has 0 fully saturated rings. The highest BCUT2D eigenvalue weighted by Crippen LogP contribution is 2.38. The van der Waals surface area contributed by atoms with Crippen molar-refractivity contribution < 1.29 is 23.5 Å². The van der Waals surface area contributed by atoms with Crippen LogP contribution in [0.2, 0.25) is 0 Å². The minimum Gasteiger partial charge on any atom is -0.459 e.